The van der Waals surface area contributed by atoms with Crippen LogP contribution in [0.4, 0.5) is 0 Å². The van der Waals surface area contributed by atoms with E-state index in [9.17, 15) is 4.79 Å². The summed E-state index contributed by atoms with van der Waals surface area (Å²) in [4.78, 5) is 11.1. The van der Waals surface area contributed by atoms with Gasteiger partial charge >= 0.3 is 5.97 Å². The summed E-state index contributed by atoms with van der Waals surface area (Å²) in [5, 5.41) is 17.4. The highest BCUT2D eigenvalue weighted by Crippen LogP contribution is 2.27. The number of carboxylic acids is 1. The average molecular weight is 272 g/mol. The van der Waals surface area contributed by atoms with Gasteiger partial charge in [-0.25, -0.2) is 0 Å². The lowest BCUT2D eigenvalue weighted by Crippen LogP contribution is -2.02. The zero-order valence-electron chi connectivity index (χ0n) is 6.99. The average Bonchev–Trinajstić information content (AvgIpc) is 2.11. The molecule has 0 atom stereocenters. The van der Waals surface area contributed by atoms with Crippen LogP contribution in [0.5, 0.6) is 0 Å². The Morgan fingerprint density at radius 1 is 1.64 bits per heavy atom. The van der Waals surface area contributed by atoms with E-state index >= 15 is 0 Å². The van der Waals surface area contributed by atoms with Gasteiger partial charge in [0, 0.05) is 9.37 Å². The van der Waals surface area contributed by atoms with Crippen LogP contribution in [0.15, 0.2) is 21.5 Å². The molecule has 3 nitrogen and oxygen atoms in total. The van der Waals surface area contributed by atoms with Crippen LogP contribution >= 0.6 is 28.6 Å². The molecule has 0 aliphatic carbocycles. The zero-order chi connectivity index (χ0) is 10.7. The molecular weight excluding hydrogens is 266 g/mol. The number of halogens is 1. The molecule has 1 aromatic rings. The number of hydrogen-bond donors (Lipinski definition) is 2. The monoisotopic (exact) mass is 271 g/mol. The summed E-state index contributed by atoms with van der Waals surface area (Å²) < 4.78 is 0.544. The molecule has 0 aromatic heterocycles. The van der Waals surface area contributed by atoms with Gasteiger partial charge in [0.25, 0.3) is 0 Å². The van der Waals surface area contributed by atoms with Crippen molar-refractivity contribution < 1.29 is 9.90 Å². The Labute approximate surface area is 94.9 Å². The van der Waals surface area contributed by atoms with Crippen molar-refractivity contribution in [2.24, 2.45) is 0 Å². The SMILES string of the molecule is N#Cc1c(CC(=O)O)ccc(S)c1Br. The Bertz CT molecular complexity index is 426. The maximum absolute atomic E-state index is 10.5. The Morgan fingerprint density at radius 2 is 2.29 bits per heavy atom. The molecule has 0 saturated carbocycles. The highest BCUT2D eigenvalue weighted by Gasteiger charge is 2.11. The van der Waals surface area contributed by atoms with E-state index in [1.807, 2.05) is 6.07 Å². The maximum Gasteiger partial charge on any atom is 0.307 e. The van der Waals surface area contributed by atoms with Crippen LogP contribution in [0.1, 0.15) is 11.1 Å². The van der Waals surface area contributed by atoms with Crippen molar-refractivity contribution in [1.29, 1.82) is 5.26 Å². The van der Waals surface area contributed by atoms with Crippen LogP contribution in [0.25, 0.3) is 0 Å². The molecule has 0 heterocycles. The minimum Gasteiger partial charge on any atom is -0.481 e. The van der Waals surface area contributed by atoms with E-state index < -0.39 is 5.97 Å². The van der Waals surface area contributed by atoms with Crippen LogP contribution in [-0.2, 0) is 11.2 Å². The number of thiol groups is 1. The van der Waals surface area contributed by atoms with E-state index in [-0.39, 0.29) is 6.42 Å². The number of benzene rings is 1. The van der Waals surface area contributed by atoms with Crippen LogP contribution in [0.3, 0.4) is 0 Å². The second-order valence-corrected chi connectivity index (χ2v) is 3.89. The first-order valence-corrected chi connectivity index (χ1v) is 4.92. The molecule has 0 radical (unpaired) electrons. The van der Waals surface area contributed by atoms with Crippen molar-refractivity contribution >= 4 is 34.5 Å². The zero-order valence-corrected chi connectivity index (χ0v) is 9.47. The molecule has 0 amide bonds. The Hall–Kier alpha value is -0.990. The van der Waals surface area contributed by atoms with E-state index in [0.29, 0.717) is 20.5 Å². The van der Waals surface area contributed by atoms with E-state index in [4.69, 9.17) is 10.4 Å². The molecule has 0 fully saturated rings. The molecule has 72 valence electrons. The molecule has 0 spiro atoms. The lowest BCUT2D eigenvalue weighted by atomic mass is 10.1. The van der Waals surface area contributed by atoms with E-state index in [0.717, 1.165) is 0 Å². The van der Waals surface area contributed by atoms with Gasteiger partial charge in [-0.2, -0.15) is 5.26 Å². The predicted molar refractivity (Wildman–Crippen MR) is 57.4 cm³/mol. The number of aliphatic carboxylic acids is 1. The Kier molecular flexibility index (Phi) is 3.55. The van der Waals surface area contributed by atoms with Crippen molar-refractivity contribution in [3.63, 3.8) is 0 Å². The molecule has 1 N–H and O–H groups in total. The largest absolute Gasteiger partial charge is 0.481 e. The summed E-state index contributed by atoms with van der Waals surface area (Å²) >= 11 is 7.30. The van der Waals surface area contributed by atoms with E-state index in [1.165, 1.54) is 0 Å². The summed E-state index contributed by atoms with van der Waals surface area (Å²) in [6.45, 7) is 0. The third kappa shape index (κ3) is 2.28. The molecular formula is C9H6BrNO2S. The quantitative estimate of drug-likeness (QED) is 0.811. The maximum atomic E-state index is 10.5. The summed E-state index contributed by atoms with van der Waals surface area (Å²) in [5.41, 5.74) is 0.824. The van der Waals surface area contributed by atoms with Crippen molar-refractivity contribution in [1.82, 2.24) is 0 Å². The standard InChI is InChI=1S/C9H6BrNO2S/c10-9-6(4-11)5(3-8(12)13)1-2-7(9)14/h1-2,14H,3H2,(H,12,13). The molecule has 1 rings (SSSR count). The second kappa shape index (κ2) is 4.49. The fourth-order valence-electron chi connectivity index (χ4n) is 1.04. The van der Waals surface area contributed by atoms with Gasteiger partial charge in [0.2, 0.25) is 0 Å². The minimum atomic E-state index is -0.958. The van der Waals surface area contributed by atoms with Gasteiger partial charge in [-0.3, -0.25) is 4.79 Å². The molecule has 5 heteroatoms. The van der Waals surface area contributed by atoms with Gasteiger partial charge in [0.05, 0.1) is 12.0 Å². The molecule has 0 aliphatic heterocycles. The summed E-state index contributed by atoms with van der Waals surface area (Å²) in [7, 11) is 0. The van der Waals surface area contributed by atoms with Gasteiger partial charge in [-0.05, 0) is 27.6 Å². The predicted octanol–water partition coefficient (Wildman–Crippen LogP) is 2.24. The van der Waals surface area contributed by atoms with Crippen molar-refractivity contribution in [2.75, 3.05) is 0 Å². The summed E-state index contributed by atoms with van der Waals surface area (Å²) in [6, 6.07) is 5.21. The number of rotatable bonds is 2. The number of carbonyl (C=O) groups is 1. The minimum absolute atomic E-state index is 0.157. The fraction of sp³-hybridized carbons (Fsp3) is 0.111. The Balaban J connectivity index is 3.26. The lowest BCUT2D eigenvalue weighted by Gasteiger charge is -2.04. The van der Waals surface area contributed by atoms with Crippen LogP contribution < -0.4 is 0 Å². The topological polar surface area (TPSA) is 61.1 Å². The third-order valence-corrected chi connectivity index (χ3v) is 3.16. The van der Waals surface area contributed by atoms with Crippen LogP contribution in [0, 0.1) is 11.3 Å². The smallest absolute Gasteiger partial charge is 0.307 e. The number of carboxylic acid groups (broad SMARTS) is 1. The van der Waals surface area contributed by atoms with Gasteiger partial charge in [0.1, 0.15) is 6.07 Å². The first kappa shape index (κ1) is 11.1. The molecule has 0 aliphatic rings. The fourth-order valence-corrected chi connectivity index (χ4v) is 1.70. The second-order valence-electron chi connectivity index (χ2n) is 2.62. The highest BCUT2D eigenvalue weighted by atomic mass is 79.9. The normalized spacial score (nSPS) is 9.50. The number of nitrogens with zero attached hydrogens (tertiary/aromatic N) is 1. The molecule has 0 bridgehead atoms. The highest BCUT2D eigenvalue weighted by molar-refractivity contribution is 9.10. The van der Waals surface area contributed by atoms with Crippen molar-refractivity contribution in [2.45, 2.75) is 11.3 Å². The summed E-state index contributed by atoms with van der Waals surface area (Å²) in [6.07, 6.45) is -0.157. The van der Waals surface area contributed by atoms with Crippen LogP contribution in [-0.4, -0.2) is 11.1 Å². The van der Waals surface area contributed by atoms with Crippen molar-refractivity contribution in [3.8, 4) is 6.07 Å². The van der Waals surface area contributed by atoms with Gasteiger partial charge in [-0.15, -0.1) is 12.6 Å². The van der Waals surface area contributed by atoms with Crippen LogP contribution in [0.2, 0.25) is 0 Å². The first-order valence-electron chi connectivity index (χ1n) is 3.68. The van der Waals surface area contributed by atoms with Gasteiger partial charge < -0.3 is 5.11 Å². The Morgan fingerprint density at radius 3 is 2.79 bits per heavy atom. The van der Waals surface area contributed by atoms with Gasteiger partial charge in [-0.1, -0.05) is 6.07 Å². The number of nitriles is 1. The molecule has 14 heavy (non-hydrogen) atoms. The van der Waals surface area contributed by atoms with E-state index in [1.54, 1.807) is 12.1 Å². The van der Waals surface area contributed by atoms with Crippen molar-refractivity contribution in [3.05, 3.63) is 27.7 Å². The molecule has 1 aromatic carbocycles. The van der Waals surface area contributed by atoms with E-state index in [2.05, 4.69) is 28.6 Å². The van der Waals surface area contributed by atoms with Gasteiger partial charge in [0.15, 0.2) is 0 Å². The third-order valence-electron chi connectivity index (χ3n) is 1.66. The number of hydrogen-bond acceptors (Lipinski definition) is 3. The molecule has 0 unspecified atom stereocenters. The summed E-state index contributed by atoms with van der Waals surface area (Å²) in [5.74, 6) is -0.958. The lowest BCUT2D eigenvalue weighted by molar-refractivity contribution is -0.136. The first-order chi connectivity index (χ1) is 6.56. The molecule has 0 saturated heterocycles.